The molecule has 0 aromatic carbocycles. The fourth-order valence-electron chi connectivity index (χ4n) is 1.31. The normalized spacial score (nSPS) is 23.2. The summed E-state index contributed by atoms with van der Waals surface area (Å²) in [5.74, 6) is -0.919. The molecule has 1 fully saturated rings. The zero-order valence-corrected chi connectivity index (χ0v) is 6.69. The monoisotopic (exact) mass is 172 g/mol. The average Bonchev–Trinajstić information content (AvgIpc) is 2.30. The number of nitrogens with zero attached hydrogens (tertiary/aromatic N) is 1. The predicted octanol–water partition coefficient (Wildman–Crippen LogP) is -0.510. The summed E-state index contributed by atoms with van der Waals surface area (Å²) in [4.78, 5) is 21.4. The van der Waals surface area contributed by atoms with E-state index in [9.17, 15) is 9.59 Å². The van der Waals surface area contributed by atoms with Crippen LogP contribution < -0.4 is 5.73 Å². The lowest BCUT2D eigenvalue weighted by atomic mass is 10.0. The Kier molecular flexibility index (Phi) is 2.65. The van der Waals surface area contributed by atoms with E-state index in [4.69, 9.17) is 10.9 Å². The summed E-state index contributed by atoms with van der Waals surface area (Å²) in [6.45, 7) is 0.363. The van der Waals surface area contributed by atoms with Crippen LogP contribution in [0.15, 0.2) is 0 Å². The summed E-state index contributed by atoms with van der Waals surface area (Å²) in [6.07, 6.45) is 1.28. The molecule has 0 aromatic heterocycles. The molecular weight excluding hydrogens is 160 g/mol. The summed E-state index contributed by atoms with van der Waals surface area (Å²) >= 11 is 0. The van der Waals surface area contributed by atoms with E-state index in [-0.39, 0.29) is 18.2 Å². The summed E-state index contributed by atoms with van der Waals surface area (Å²) in [7, 11) is 0. The molecule has 0 saturated carbocycles. The molecule has 5 heteroatoms. The van der Waals surface area contributed by atoms with E-state index >= 15 is 0 Å². The molecule has 2 amide bonds. The first kappa shape index (κ1) is 8.99. The molecule has 12 heavy (non-hydrogen) atoms. The fraction of sp³-hybridized carbons (Fsp3) is 0.714. The molecule has 1 rings (SSSR count). The molecule has 68 valence electrons. The lowest BCUT2D eigenvalue weighted by Gasteiger charge is -2.06. The highest BCUT2D eigenvalue weighted by Crippen LogP contribution is 2.20. The van der Waals surface area contributed by atoms with E-state index in [0.29, 0.717) is 24.4 Å². The number of amides is 2. The number of hydrogen-bond donors (Lipinski definition) is 2. The standard InChI is InChI=1S/C7H12N2O3/c8-6(10)2-1-5-3-4-9(12)7(5)11/h5,12H,1-4H2,(H2,8,10). The van der Waals surface area contributed by atoms with Crippen LogP contribution in [-0.4, -0.2) is 28.6 Å². The second-order valence-corrected chi connectivity index (χ2v) is 2.95. The van der Waals surface area contributed by atoms with Crippen LogP contribution in [0, 0.1) is 5.92 Å². The molecule has 0 aliphatic carbocycles. The average molecular weight is 172 g/mol. The van der Waals surface area contributed by atoms with Gasteiger partial charge in [-0.1, -0.05) is 0 Å². The third-order valence-electron chi connectivity index (χ3n) is 2.03. The van der Waals surface area contributed by atoms with Crippen LogP contribution >= 0.6 is 0 Å². The lowest BCUT2D eigenvalue weighted by molar-refractivity contribution is -0.160. The Hall–Kier alpha value is -1.10. The van der Waals surface area contributed by atoms with E-state index in [1.165, 1.54) is 0 Å². The summed E-state index contributed by atoms with van der Waals surface area (Å²) in [5.41, 5.74) is 4.92. The maximum Gasteiger partial charge on any atom is 0.249 e. The van der Waals surface area contributed by atoms with Gasteiger partial charge in [0.15, 0.2) is 0 Å². The third kappa shape index (κ3) is 1.94. The van der Waals surface area contributed by atoms with Crippen LogP contribution in [0.4, 0.5) is 0 Å². The molecule has 0 radical (unpaired) electrons. The van der Waals surface area contributed by atoms with Crippen molar-refractivity contribution < 1.29 is 14.8 Å². The number of carbonyl (C=O) groups excluding carboxylic acids is 2. The molecule has 1 saturated heterocycles. The molecule has 0 spiro atoms. The summed E-state index contributed by atoms with van der Waals surface area (Å²) in [5, 5.41) is 9.60. The van der Waals surface area contributed by atoms with Gasteiger partial charge < -0.3 is 5.73 Å². The van der Waals surface area contributed by atoms with Gasteiger partial charge in [-0.15, -0.1) is 0 Å². The molecule has 1 aliphatic heterocycles. The Morgan fingerprint density at radius 3 is 2.83 bits per heavy atom. The number of carbonyl (C=O) groups is 2. The zero-order chi connectivity index (χ0) is 9.14. The minimum Gasteiger partial charge on any atom is -0.370 e. The highest BCUT2D eigenvalue weighted by molar-refractivity contribution is 5.80. The van der Waals surface area contributed by atoms with Gasteiger partial charge in [-0.2, -0.15) is 0 Å². The number of hydroxylamine groups is 2. The lowest BCUT2D eigenvalue weighted by Crippen LogP contribution is -2.24. The van der Waals surface area contributed by atoms with E-state index < -0.39 is 5.91 Å². The highest BCUT2D eigenvalue weighted by Gasteiger charge is 2.30. The van der Waals surface area contributed by atoms with E-state index in [1.807, 2.05) is 0 Å². The van der Waals surface area contributed by atoms with Crippen molar-refractivity contribution in [3.63, 3.8) is 0 Å². The molecular formula is C7H12N2O3. The van der Waals surface area contributed by atoms with Crippen molar-refractivity contribution >= 4 is 11.8 Å². The van der Waals surface area contributed by atoms with Gasteiger partial charge in [0, 0.05) is 18.9 Å². The van der Waals surface area contributed by atoms with E-state index in [2.05, 4.69) is 0 Å². The van der Waals surface area contributed by atoms with Crippen LogP contribution in [0.1, 0.15) is 19.3 Å². The first-order valence-corrected chi connectivity index (χ1v) is 3.90. The van der Waals surface area contributed by atoms with Crippen LogP contribution in [0.2, 0.25) is 0 Å². The number of nitrogens with two attached hydrogens (primary N) is 1. The minimum atomic E-state index is -0.404. The smallest absolute Gasteiger partial charge is 0.249 e. The van der Waals surface area contributed by atoms with Crippen LogP contribution in [0.25, 0.3) is 0 Å². The Labute approximate surface area is 70.1 Å². The van der Waals surface area contributed by atoms with E-state index in [1.54, 1.807) is 0 Å². The maximum absolute atomic E-state index is 11.0. The van der Waals surface area contributed by atoms with Crippen molar-refractivity contribution in [2.45, 2.75) is 19.3 Å². The second-order valence-electron chi connectivity index (χ2n) is 2.95. The fourth-order valence-corrected chi connectivity index (χ4v) is 1.31. The predicted molar refractivity (Wildman–Crippen MR) is 40.0 cm³/mol. The van der Waals surface area contributed by atoms with Gasteiger partial charge in [0.25, 0.3) is 0 Å². The molecule has 1 unspecified atom stereocenters. The Morgan fingerprint density at radius 1 is 1.75 bits per heavy atom. The number of rotatable bonds is 3. The Balaban J connectivity index is 2.34. The summed E-state index contributed by atoms with van der Waals surface area (Å²) < 4.78 is 0. The van der Waals surface area contributed by atoms with Gasteiger partial charge in [0.1, 0.15) is 0 Å². The van der Waals surface area contributed by atoms with Gasteiger partial charge >= 0.3 is 0 Å². The molecule has 1 aliphatic rings. The Bertz CT molecular complexity index is 205. The van der Waals surface area contributed by atoms with Crippen molar-refractivity contribution in [2.24, 2.45) is 11.7 Å². The minimum absolute atomic E-state index is 0.213. The van der Waals surface area contributed by atoms with Gasteiger partial charge in [0.2, 0.25) is 11.8 Å². The van der Waals surface area contributed by atoms with Crippen LogP contribution in [-0.2, 0) is 9.59 Å². The third-order valence-corrected chi connectivity index (χ3v) is 2.03. The van der Waals surface area contributed by atoms with Crippen molar-refractivity contribution in [1.82, 2.24) is 5.06 Å². The largest absolute Gasteiger partial charge is 0.370 e. The first-order valence-electron chi connectivity index (χ1n) is 3.90. The topological polar surface area (TPSA) is 83.6 Å². The SMILES string of the molecule is NC(=O)CCC1CCN(O)C1=O. The van der Waals surface area contributed by atoms with Gasteiger partial charge in [-0.25, -0.2) is 5.06 Å². The summed E-state index contributed by atoms with van der Waals surface area (Å²) in [6, 6.07) is 0. The first-order chi connectivity index (χ1) is 5.61. The van der Waals surface area contributed by atoms with Crippen LogP contribution in [0.5, 0.6) is 0 Å². The van der Waals surface area contributed by atoms with Crippen molar-refractivity contribution in [3.8, 4) is 0 Å². The van der Waals surface area contributed by atoms with Crippen molar-refractivity contribution in [3.05, 3.63) is 0 Å². The van der Waals surface area contributed by atoms with Gasteiger partial charge in [-0.3, -0.25) is 14.8 Å². The molecule has 3 N–H and O–H groups in total. The zero-order valence-electron chi connectivity index (χ0n) is 6.69. The van der Waals surface area contributed by atoms with Crippen molar-refractivity contribution in [2.75, 3.05) is 6.54 Å². The molecule has 5 nitrogen and oxygen atoms in total. The number of primary amides is 1. The Morgan fingerprint density at radius 2 is 2.42 bits per heavy atom. The van der Waals surface area contributed by atoms with Gasteiger partial charge in [-0.05, 0) is 12.8 Å². The molecule has 1 atom stereocenters. The molecule has 0 aromatic rings. The number of hydrogen-bond acceptors (Lipinski definition) is 3. The highest BCUT2D eigenvalue weighted by atomic mass is 16.5. The van der Waals surface area contributed by atoms with E-state index in [0.717, 1.165) is 0 Å². The quantitative estimate of drug-likeness (QED) is 0.562. The molecule has 0 bridgehead atoms. The molecule has 1 heterocycles. The van der Waals surface area contributed by atoms with Crippen molar-refractivity contribution in [1.29, 1.82) is 0 Å². The second kappa shape index (κ2) is 3.53. The maximum atomic E-state index is 11.0. The van der Waals surface area contributed by atoms with Crippen LogP contribution in [0.3, 0.4) is 0 Å². The van der Waals surface area contributed by atoms with Gasteiger partial charge in [0.05, 0.1) is 0 Å².